The Morgan fingerprint density at radius 3 is 2.63 bits per heavy atom. The molecule has 2 rings (SSSR count). The first-order chi connectivity index (χ1) is 8.96. The fraction of sp³-hybridized carbons (Fsp3) is 0.500. The van der Waals surface area contributed by atoms with E-state index in [2.05, 4.69) is 15.6 Å². The zero-order chi connectivity index (χ0) is 13.9. The standard InChI is InChI=1S/C12H14F3N3O/c13-12(14,15)11(3-6-17-8-11)10(19)18-7-9-1-4-16-5-2-9/h1-2,4-5,17H,3,6-8H2,(H,18,19). The van der Waals surface area contributed by atoms with E-state index in [0.29, 0.717) is 5.56 Å². The van der Waals surface area contributed by atoms with Gasteiger partial charge in [0.15, 0.2) is 5.41 Å². The van der Waals surface area contributed by atoms with Crippen molar-refractivity contribution in [3.05, 3.63) is 30.1 Å². The molecule has 1 fully saturated rings. The van der Waals surface area contributed by atoms with Crippen LogP contribution < -0.4 is 10.6 Å². The van der Waals surface area contributed by atoms with Crippen LogP contribution in [0.5, 0.6) is 0 Å². The van der Waals surface area contributed by atoms with Crippen molar-refractivity contribution in [2.24, 2.45) is 5.41 Å². The Morgan fingerprint density at radius 1 is 1.42 bits per heavy atom. The second-order valence-corrected chi connectivity index (χ2v) is 4.54. The van der Waals surface area contributed by atoms with E-state index in [-0.39, 0.29) is 26.1 Å². The van der Waals surface area contributed by atoms with Crippen LogP contribution in [0, 0.1) is 5.41 Å². The first-order valence-electron chi connectivity index (χ1n) is 5.90. The molecule has 2 heterocycles. The number of aromatic nitrogens is 1. The smallest absolute Gasteiger partial charge is 0.351 e. The Labute approximate surface area is 108 Å². The van der Waals surface area contributed by atoms with Gasteiger partial charge in [-0.2, -0.15) is 13.2 Å². The number of halogens is 3. The molecule has 19 heavy (non-hydrogen) atoms. The third-order valence-electron chi connectivity index (χ3n) is 3.34. The Bertz CT molecular complexity index is 441. The van der Waals surface area contributed by atoms with Gasteiger partial charge in [-0.1, -0.05) is 0 Å². The summed E-state index contributed by atoms with van der Waals surface area (Å²) in [5, 5.41) is 4.97. The zero-order valence-corrected chi connectivity index (χ0v) is 10.1. The first kappa shape index (κ1) is 13.8. The van der Waals surface area contributed by atoms with Gasteiger partial charge in [0.2, 0.25) is 5.91 Å². The van der Waals surface area contributed by atoms with Gasteiger partial charge in [-0.25, -0.2) is 0 Å². The van der Waals surface area contributed by atoms with Crippen molar-refractivity contribution in [1.29, 1.82) is 0 Å². The third kappa shape index (κ3) is 2.70. The number of carbonyl (C=O) groups excluding carboxylic acids is 1. The van der Waals surface area contributed by atoms with Crippen molar-refractivity contribution in [2.45, 2.75) is 19.1 Å². The fourth-order valence-corrected chi connectivity index (χ4v) is 2.11. The SMILES string of the molecule is O=C(NCc1ccncc1)C1(C(F)(F)F)CCNC1. The minimum atomic E-state index is -4.54. The van der Waals surface area contributed by atoms with Gasteiger partial charge in [-0.15, -0.1) is 0 Å². The molecule has 4 nitrogen and oxygen atoms in total. The van der Waals surface area contributed by atoms with Crippen molar-refractivity contribution < 1.29 is 18.0 Å². The predicted molar refractivity (Wildman–Crippen MR) is 62.1 cm³/mol. The third-order valence-corrected chi connectivity index (χ3v) is 3.34. The number of nitrogens with zero attached hydrogens (tertiary/aromatic N) is 1. The summed E-state index contributed by atoms with van der Waals surface area (Å²) >= 11 is 0. The number of pyridine rings is 1. The van der Waals surface area contributed by atoms with Crippen molar-refractivity contribution >= 4 is 5.91 Å². The highest BCUT2D eigenvalue weighted by Gasteiger charge is 2.61. The second kappa shape index (κ2) is 5.16. The number of rotatable bonds is 3. The topological polar surface area (TPSA) is 54.0 Å². The van der Waals surface area contributed by atoms with Crippen LogP contribution in [0.1, 0.15) is 12.0 Å². The van der Waals surface area contributed by atoms with Gasteiger partial charge < -0.3 is 10.6 Å². The minimum absolute atomic E-state index is 0.0686. The summed E-state index contributed by atoms with van der Waals surface area (Å²) < 4.78 is 39.2. The second-order valence-electron chi connectivity index (χ2n) is 4.54. The summed E-state index contributed by atoms with van der Waals surface area (Å²) in [5.41, 5.74) is -1.59. The van der Waals surface area contributed by atoms with E-state index < -0.39 is 17.5 Å². The molecule has 0 aliphatic carbocycles. The van der Waals surface area contributed by atoms with Crippen molar-refractivity contribution in [2.75, 3.05) is 13.1 Å². The predicted octanol–water partition coefficient (Wildman–Crippen LogP) is 1.24. The van der Waals surface area contributed by atoms with E-state index >= 15 is 0 Å². The number of nitrogens with one attached hydrogen (secondary N) is 2. The number of alkyl halides is 3. The highest BCUT2D eigenvalue weighted by atomic mass is 19.4. The normalized spacial score (nSPS) is 23.3. The highest BCUT2D eigenvalue weighted by molar-refractivity contribution is 5.84. The van der Waals surface area contributed by atoms with Gasteiger partial charge in [0, 0.05) is 25.5 Å². The van der Waals surface area contributed by atoms with Gasteiger partial charge in [-0.05, 0) is 30.7 Å². The Hall–Kier alpha value is -1.63. The Balaban J connectivity index is 2.05. The molecule has 1 aromatic rings. The summed E-state index contributed by atoms with van der Waals surface area (Å²) in [6.07, 6.45) is -1.71. The Kier molecular flexibility index (Phi) is 3.75. The first-order valence-corrected chi connectivity index (χ1v) is 5.90. The number of hydrogen-bond acceptors (Lipinski definition) is 3. The van der Waals surface area contributed by atoms with Crippen LogP contribution in [0.25, 0.3) is 0 Å². The van der Waals surface area contributed by atoms with Crippen molar-refractivity contribution in [1.82, 2.24) is 15.6 Å². The molecule has 0 aromatic carbocycles. The van der Waals surface area contributed by atoms with E-state index in [9.17, 15) is 18.0 Å². The fourth-order valence-electron chi connectivity index (χ4n) is 2.11. The molecule has 1 aliphatic rings. The summed E-state index contributed by atoms with van der Waals surface area (Å²) in [4.78, 5) is 15.7. The largest absolute Gasteiger partial charge is 0.404 e. The molecule has 0 saturated carbocycles. The van der Waals surface area contributed by atoms with Crippen LogP contribution >= 0.6 is 0 Å². The molecule has 1 saturated heterocycles. The quantitative estimate of drug-likeness (QED) is 0.871. The molecular formula is C12H14F3N3O. The monoisotopic (exact) mass is 273 g/mol. The molecule has 0 radical (unpaired) electrons. The van der Waals surface area contributed by atoms with Crippen LogP contribution in [0.15, 0.2) is 24.5 Å². The average Bonchev–Trinajstić information content (AvgIpc) is 2.87. The molecule has 0 spiro atoms. The van der Waals surface area contributed by atoms with Gasteiger partial charge >= 0.3 is 6.18 Å². The number of amides is 1. The highest BCUT2D eigenvalue weighted by Crippen LogP contribution is 2.43. The summed E-state index contributed by atoms with van der Waals surface area (Å²) in [7, 11) is 0. The van der Waals surface area contributed by atoms with Crippen molar-refractivity contribution in [3.8, 4) is 0 Å². The number of hydrogen-bond donors (Lipinski definition) is 2. The van der Waals surface area contributed by atoms with Gasteiger partial charge in [0.25, 0.3) is 0 Å². The van der Waals surface area contributed by atoms with Crippen LogP contribution in [0.4, 0.5) is 13.2 Å². The minimum Gasteiger partial charge on any atom is -0.351 e. The van der Waals surface area contributed by atoms with E-state index in [4.69, 9.17) is 0 Å². The van der Waals surface area contributed by atoms with E-state index in [1.165, 1.54) is 12.4 Å². The van der Waals surface area contributed by atoms with Crippen LogP contribution in [0.3, 0.4) is 0 Å². The maximum Gasteiger partial charge on any atom is 0.404 e. The molecule has 1 unspecified atom stereocenters. The maximum absolute atomic E-state index is 13.1. The van der Waals surface area contributed by atoms with Crippen LogP contribution in [-0.4, -0.2) is 30.2 Å². The average molecular weight is 273 g/mol. The van der Waals surface area contributed by atoms with E-state index in [1.807, 2.05) is 0 Å². The lowest BCUT2D eigenvalue weighted by Crippen LogP contribution is -2.52. The summed E-state index contributed by atoms with van der Waals surface area (Å²) in [6.45, 7) is -0.0972. The Morgan fingerprint density at radius 2 is 2.11 bits per heavy atom. The van der Waals surface area contributed by atoms with Crippen LogP contribution in [-0.2, 0) is 11.3 Å². The van der Waals surface area contributed by atoms with Gasteiger partial charge in [0.1, 0.15) is 0 Å². The van der Waals surface area contributed by atoms with Gasteiger partial charge in [0.05, 0.1) is 0 Å². The molecular weight excluding hydrogens is 259 g/mol. The molecule has 1 atom stereocenters. The zero-order valence-electron chi connectivity index (χ0n) is 10.1. The van der Waals surface area contributed by atoms with Crippen molar-refractivity contribution in [3.63, 3.8) is 0 Å². The molecule has 1 amide bonds. The molecule has 104 valence electrons. The molecule has 7 heteroatoms. The van der Waals surface area contributed by atoms with Gasteiger partial charge in [-0.3, -0.25) is 9.78 Å². The lowest BCUT2D eigenvalue weighted by atomic mass is 9.85. The molecule has 1 aromatic heterocycles. The summed E-state index contributed by atoms with van der Waals surface area (Å²) in [6, 6.07) is 3.29. The van der Waals surface area contributed by atoms with E-state index in [1.54, 1.807) is 12.1 Å². The van der Waals surface area contributed by atoms with E-state index in [0.717, 1.165) is 0 Å². The lowest BCUT2D eigenvalue weighted by molar-refractivity contribution is -0.216. The maximum atomic E-state index is 13.1. The summed E-state index contributed by atoms with van der Waals surface area (Å²) in [5.74, 6) is -0.971. The lowest BCUT2D eigenvalue weighted by Gasteiger charge is -2.29. The van der Waals surface area contributed by atoms with Crippen LogP contribution in [0.2, 0.25) is 0 Å². The molecule has 2 N–H and O–H groups in total. The number of carbonyl (C=O) groups is 1. The molecule has 1 aliphatic heterocycles. The molecule has 0 bridgehead atoms.